The molecule has 1 N–H and O–H groups in total. The van der Waals surface area contributed by atoms with Crippen LogP contribution >= 0.6 is 11.3 Å². The van der Waals surface area contributed by atoms with E-state index in [2.05, 4.69) is 27.5 Å². The molecule has 0 bridgehead atoms. The largest absolute Gasteiger partial charge is 0.357 e. The number of anilines is 1. The van der Waals surface area contributed by atoms with Gasteiger partial charge in [0.1, 0.15) is 0 Å². The Morgan fingerprint density at radius 2 is 2.08 bits per heavy atom. The molecule has 0 radical (unpaired) electrons. The molecule has 0 unspecified atom stereocenters. The molecule has 1 saturated heterocycles. The van der Waals surface area contributed by atoms with Gasteiger partial charge in [0.15, 0.2) is 10.8 Å². The second kappa shape index (κ2) is 6.48. The number of likely N-dealkylation sites (tertiary alicyclic amines) is 1. The Balaban J connectivity index is 1.50. The van der Waals surface area contributed by atoms with E-state index >= 15 is 0 Å². The number of rotatable bonds is 5. The average molecular weight is 355 g/mol. The van der Waals surface area contributed by atoms with Crippen molar-refractivity contribution in [2.75, 3.05) is 11.9 Å². The standard InChI is InChI=1S/C18H21N5OS/c1-12-16-17(22(2)21-12)20-18(25-16)19-10-13-6-3-4-7-14(13)11-23-9-5-8-15(23)24/h3-4,6-7H,5,8-11H2,1-2H3,(H,19,20). The lowest BCUT2D eigenvalue weighted by atomic mass is 10.1. The van der Waals surface area contributed by atoms with Crippen molar-refractivity contribution in [2.24, 2.45) is 7.05 Å². The summed E-state index contributed by atoms with van der Waals surface area (Å²) in [5.41, 5.74) is 4.33. The van der Waals surface area contributed by atoms with Crippen molar-refractivity contribution in [1.82, 2.24) is 19.7 Å². The Morgan fingerprint density at radius 1 is 1.28 bits per heavy atom. The number of amides is 1. The SMILES string of the molecule is Cc1nn(C)c2nc(NCc3ccccc3CN3CCCC3=O)sc12. The smallest absolute Gasteiger partial charge is 0.222 e. The van der Waals surface area contributed by atoms with Gasteiger partial charge in [0, 0.05) is 33.1 Å². The molecule has 0 atom stereocenters. The van der Waals surface area contributed by atoms with Crippen molar-refractivity contribution in [3.05, 3.63) is 41.1 Å². The highest BCUT2D eigenvalue weighted by molar-refractivity contribution is 7.22. The van der Waals surface area contributed by atoms with Gasteiger partial charge in [-0.15, -0.1) is 0 Å². The number of aryl methyl sites for hydroxylation is 2. The van der Waals surface area contributed by atoms with Crippen LogP contribution in [0.5, 0.6) is 0 Å². The number of hydrogen-bond donors (Lipinski definition) is 1. The topological polar surface area (TPSA) is 63.1 Å². The van der Waals surface area contributed by atoms with Crippen molar-refractivity contribution in [3.63, 3.8) is 0 Å². The minimum atomic E-state index is 0.261. The average Bonchev–Trinajstić information content (AvgIpc) is 3.26. The summed E-state index contributed by atoms with van der Waals surface area (Å²) in [5, 5.41) is 8.72. The van der Waals surface area contributed by atoms with Crippen LogP contribution in [0.25, 0.3) is 10.3 Å². The molecular weight excluding hydrogens is 334 g/mol. The molecule has 1 amide bonds. The number of carbonyl (C=O) groups excluding carboxylic acids is 1. The van der Waals surface area contributed by atoms with Crippen LogP contribution < -0.4 is 5.32 Å². The number of carbonyl (C=O) groups is 1. The number of thiazole rings is 1. The molecule has 3 heterocycles. The second-order valence-corrected chi connectivity index (χ2v) is 7.42. The van der Waals surface area contributed by atoms with Gasteiger partial charge < -0.3 is 10.2 Å². The maximum Gasteiger partial charge on any atom is 0.222 e. The summed E-state index contributed by atoms with van der Waals surface area (Å²) < 4.78 is 2.94. The fourth-order valence-corrected chi connectivity index (χ4v) is 4.22. The van der Waals surface area contributed by atoms with Crippen LogP contribution in [0.4, 0.5) is 5.13 Å². The molecule has 6 nitrogen and oxygen atoms in total. The Morgan fingerprint density at radius 3 is 2.80 bits per heavy atom. The third-order valence-corrected chi connectivity index (χ3v) is 5.74. The Kier molecular flexibility index (Phi) is 4.17. The second-order valence-electron chi connectivity index (χ2n) is 6.42. The first-order valence-corrected chi connectivity index (χ1v) is 9.32. The quantitative estimate of drug-likeness (QED) is 0.764. The molecule has 4 rings (SSSR count). The summed E-state index contributed by atoms with van der Waals surface area (Å²) in [5.74, 6) is 0.261. The van der Waals surface area contributed by atoms with E-state index in [1.807, 2.05) is 35.7 Å². The van der Waals surface area contributed by atoms with E-state index < -0.39 is 0 Å². The lowest BCUT2D eigenvalue weighted by Gasteiger charge is -2.18. The number of benzene rings is 1. The van der Waals surface area contributed by atoms with Crippen LogP contribution in [-0.2, 0) is 24.9 Å². The molecule has 0 spiro atoms. The van der Waals surface area contributed by atoms with Gasteiger partial charge in [-0.2, -0.15) is 5.10 Å². The molecular formula is C18H21N5OS. The van der Waals surface area contributed by atoms with E-state index in [4.69, 9.17) is 0 Å². The summed E-state index contributed by atoms with van der Waals surface area (Å²) in [7, 11) is 1.92. The fourth-order valence-electron chi connectivity index (χ4n) is 3.29. The van der Waals surface area contributed by atoms with E-state index in [0.29, 0.717) is 19.5 Å². The lowest BCUT2D eigenvalue weighted by Crippen LogP contribution is -2.24. The number of nitrogens with zero attached hydrogens (tertiary/aromatic N) is 4. The van der Waals surface area contributed by atoms with E-state index in [0.717, 1.165) is 34.1 Å². The molecule has 7 heteroatoms. The van der Waals surface area contributed by atoms with Gasteiger partial charge in [-0.3, -0.25) is 4.79 Å². The number of fused-ring (bicyclic) bond motifs is 1. The fraction of sp³-hybridized carbons (Fsp3) is 0.389. The zero-order valence-corrected chi connectivity index (χ0v) is 15.3. The maximum atomic E-state index is 11.9. The van der Waals surface area contributed by atoms with Crippen LogP contribution in [0.15, 0.2) is 24.3 Å². The minimum absolute atomic E-state index is 0.261. The van der Waals surface area contributed by atoms with Crippen molar-refractivity contribution >= 4 is 32.7 Å². The first kappa shape index (κ1) is 16.1. The summed E-state index contributed by atoms with van der Waals surface area (Å²) in [6, 6.07) is 8.29. The van der Waals surface area contributed by atoms with E-state index in [1.54, 1.807) is 11.3 Å². The van der Waals surface area contributed by atoms with Crippen LogP contribution in [0.1, 0.15) is 29.7 Å². The summed E-state index contributed by atoms with van der Waals surface area (Å²) in [4.78, 5) is 18.5. The minimum Gasteiger partial charge on any atom is -0.357 e. The number of nitrogens with one attached hydrogen (secondary N) is 1. The molecule has 1 aliphatic heterocycles. The van der Waals surface area contributed by atoms with Crippen molar-refractivity contribution in [3.8, 4) is 0 Å². The predicted molar refractivity (Wildman–Crippen MR) is 99.5 cm³/mol. The molecule has 1 aliphatic rings. The van der Waals surface area contributed by atoms with E-state index in [1.165, 1.54) is 11.1 Å². The van der Waals surface area contributed by atoms with Crippen LogP contribution in [0, 0.1) is 6.92 Å². The monoisotopic (exact) mass is 355 g/mol. The highest BCUT2D eigenvalue weighted by Crippen LogP contribution is 2.28. The third kappa shape index (κ3) is 3.11. The molecule has 2 aromatic heterocycles. The van der Waals surface area contributed by atoms with Crippen LogP contribution in [0.2, 0.25) is 0 Å². The van der Waals surface area contributed by atoms with Gasteiger partial charge in [-0.25, -0.2) is 9.67 Å². The van der Waals surface area contributed by atoms with Gasteiger partial charge in [0.05, 0.1) is 10.4 Å². The van der Waals surface area contributed by atoms with E-state index in [-0.39, 0.29) is 5.91 Å². The predicted octanol–water partition coefficient (Wildman–Crippen LogP) is 3.07. The molecule has 3 aromatic rings. The lowest BCUT2D eigenvalue weighted by molar-refractivity contribution is -0.128. The zero-order valence-electron chi connectivity index (χ0n) is 14.5. The Hall–Kier alpha value is -2.41. The molecule has 25 heavy (non-hydrogen) atoms. The van der Waals surface area contributed by atoms with Crippen molar-refractivity contribution in [1.29, 1.82) is 0 Å². The van der Waals surface area contributed by atoms with Gasteiger partial charge in [-0.1, -0.05) is 35.6 Å². The zero-order chi connectivity index (χ0) is 17.4. The molecule has 0 aliphatic carbocycles. The van der Waals surface area contributed by atoms with Gasteiger partial charge in [-0.05, 0) is 24.5 Å². The summed E-state index contributed by atoms with van der Waals surface area (Å²) in [6.07, 6.45) is 1.65. The summed E-state index contributed by atoms with van der Waals surface area (Å²) >= 11 is 1.63. The van der Waals surface area contributed by atoms with Crippen molar-refractivity contribution in [2.45, 2.75) is 32.9 Å². The van der Waals surface area contributed by atoms with Crippen LogP contribution in [-0.4, -0.2) is 32.1 Å². The highest BCUT2D eigenvalue weighted by Gasteiger charge is 2.21. The molecule has 130 valence electrons. The first-order valence-electron chi connectivity index (χ1n) is 8.50. The van der Waals surface area contributed by atoms with E-state index in [9.17, 15) is 4.79 Å². The number of aromatic nitrogens is 3. The summed E-state index contributed by atoms with van der Waals surface area (Å²) in [6.45, 7) is 4.27. The Labute approximate surface area is 150 Å². The van der Waals surface area contributed by atoms with Gasteiger partial charge >= 0.3 is 0 Å². The molecule has 0 saturated carbocycles. The van der Waals surface area contributed by atoms with Gasteiger partial charge in [0.25, 0.3) is 0 Å². The number of hydrogen-bond acceptors (Lipinski definition) is 5. The third-order valence-electron chi connectivity index (χ3n) is 4.63. The van der Waals surface area contributed by atoms with Gasteiger partial charge in [0.2, 0.25) is 5.91 Å². The van der Waals surface area contributed by atoms with Crippen LogP contribution in [0.3, 0.4) is 0 Å². The molecule has 1 fully saturated rings. The normalized spacial score (nSPS) is 14.6. The highest BCUT2D eigenvalue weighted by atomic mass is 32.1. The molecule has 1 aromatic carbocycles. The first-order chi connectivity index (χ1) is 12.1. The Bertz CT molecular complexity index is 894. The van der Waals surface area contributed by atoms with Crippen molar-refractivity contribution < 1.29 is 4.79 Å². The maximum absolute atomic E-state index is 11.9.